The Kier molecular flexibility index (Phi) is 6.95. The van der Waals surface area contributed by atoms with Crippen LogP contribution >= 0.6 is 0 Å². The standard InChI is InChI=1S/C15H28N6O3/c1-4-16-14(17-9-13-19-12(2)20-24-13)18-10-15(3,22)11-21-5-7-23-8-6-21/h22H,4-11H2,1-3H3,(H2,16,17,18). The molecule has 0 aromatic carbocycles. The number of guanidine groups is 1. The van der Waals surface area contributed by atoms with Gasteiger partial charge in [0.2, 0.25) is 5.89 Å². The van der Waals surface area contributed by atoms with Crippen LogP contribution in [0, 0.1) is 6.92 Å². The zero-order valence-corrected chi connectivity index (χ0v) is 14.7. The van der Waals surface area contributed by atoms with E-state index in [1.807, 2.05) is 13.8 Å². The molecular formula is C15H28N6O3. The van der Waals surface area contributed by atoms with Crippen LogP contribution in [0.3, 0.4) is 0 Å². The number of ether oxygens (including phenoxy) is 1. The van der Waals surface area contributed by atoms with Crippen LogP contribution < -0.4 is 10.6 Å². The highest BCUT2D eigenvalue weighted by Crippen LogP contribution is 2.07. The molecule has 136 valence electrons. The summed E-state index contributed by atoms with van der Waals surface area (Å²) in [5.41, 5.74) is -0.866. The first-order valence-corrected chi connectivity index (χ1v) is 8.32. The Labute approximate surface area is 142 Å². The normalized spacial score (nSPS) is 19.1. The zero-order valence-electron chi connectivity index (χ0n) is 14.7. The van der Waals surface area contributed by atoms with Crippen molar-refractivity contribution in [1.82, 2.24) is 25.7 Å². The maximum Gasteiger partial charge on any atom is 0.248 e. The van der Waals surface area contributed by atoms with Gasteiger partial charge in [-0.15, -0.1) is 0 Å². The van der Waals surface area contributed by atoms with Gasteiger partial charge in [0.15, 0.2) is 11.8 Å². The molecule has 1 aromatic heterocycles. The smallest absolute Gasteiger partial charge is 0.248 e. The number of aliphatic hydroxyl groups is 1. The fourth-order valence-corrected chi connectivity index (χ4v) is 2.46. The molecule has 1 aliphatic rings. The van der Waals surface area contributed by atoms with Crippen molar-refractivity contribution in [2.45, 2.75) is 32.9 Å². The number of hydrogen-bond donors (Lipinski definition) is 3. The average molecular weight is 340 g/mol. The Balaban J connectivity index is 1.84. The van der Waals surface area contributed by atoms with Crippen molar-refractivity contribution in [2.24, 2.45) is 4.99 Å². The second kappa shape index (κ2) is 8.95. The Morgan fingerprint density at radius 2 is 2.12 bits per heavy atom. The molecule has 0 amide bonds. The van der Waals surface area contributed by atoms with Gasteiger partial charge in [-0.2, -0.15) is 4.98 Å². The predicted octanol–water partition coefficient (Wildman–Crippen LogP) is -0.484. The largest absolute Gasteiger partial charge is 0.387 e. The molecule has 0 spiro atoms. The highest BCUT2D eigenvalue weighted by Gasteiger charge is 2.25. The molecule has 0 aliphatic carbocycles. The molecule has 1 saturated heterocycles. The van der Waals surface area contributed by atoms with Crippen LogP contribution in [0.2, 0.25) is 0 Å². The van der Waals surface area contributed by atoms with Crippen LogP contribution in [-0.4, -0.2) is 77.6 Å². The summed E-state index contributed by atoms with van der Waals surface area (Å²) in [6.45, 7) is 10.7. The number of nitrogens with zero attached hydrogens (tertiary/aromatic N) is 4. The van der Waals surface area contributed by atoms with Gasteiger partial charge in [0, 0.05) is 32.7 Å². The van der Waals surface area contributed by atoms with Gasteiger partial charge in [0.05, 0.1) is 18.8 Å². The molecule has 0 saturated carbocycles. The number of aromatic nitrogens is 2. The Morgan fingerprint density at radius 3 is 2.75 bits per heavy atom. The highest BCUT2D eigenvalue weighted by atomic mass is 16.5. The van der Waals surface area contributed by atoms with Crippen molar-refractivity contribution in [3.63, 3.8) is 0 Å². The SMILES string of the molecule is CCNC(=NCc1nc(C)no1)NCC(C)(O)CN1CCOCC1. The molecule has 24 heavy (non-hydrogen) atoms. The lowest BCUT2D eigenvalue weighted by atomic mass is 10.1. The number of aliphatic imine (C=N–C) groups is 1. The van der Waals surface area contributed by atoms with Gasteiger partial charge in [0.25, 0.3) is 0 Å². The van der Waals surface area contributed by atoms with Gasteiger partial charge in [-0.25, -0.2) is 4.99 Å². The van der Waals surface area contributed by atoms with Gasteiger partial charge >= 0.3 is 0 Å². The maximum atomic E-state index is 10.6. The van der Waals surface area contributed by atoms with Crippen molar-refractivity contribution < 1.29 is 14.4 Å². The molecule has 0 bridgehead atoms. The van der Waals surface area contributed by atoms with Crippen molar-refractivity contribution in [3.05, 3.63) is 11.7 Å². The Hall–Kier alpha value is -1.71. The van der Waals surface area contributed by atoms with Crippen LogP contribution in [0.15, 0.2) is 9.52 Å². The molecule has 1 unspecified atom stereocenters. The van der Waals surface area contributed by atoms with Crippen LogP contribution in [0.1, 0.15) is 25.6 Å². The monoisotopic (exact) mass is 340 g/mol. The molecule has 1 atom stereocenters. The average Bonchev–Trinajstić information content (AvgIpc) is 2.96. The van der Waals surface area contributed by atoms with Crippen molar-refractivity contribution in [2.75, 3.05) is 45.9 Å². The van der Waals surface area contributed by atoms with E-state index in [4.69, 9.17) is 9.26 Å². The van der Waals surface area contributed by atoms with E-state index in [9.17, 15) is 5.11 Å². The van der Waals surface area contributed by atoms with Crippen molar-refractivity contribution >= 4 is 5.96 Å². The van der Waals surface area contributed by atoms with Gasteiger partial charge in [0.1, 0.15) is 6.54 Å². The fraction of sp³-hybridized carbons (Fsp3) is 0.800. The minimum absolute atomic E-state index is 0.293. The molecule has 1 aromatic rings. The summed E-state index contributed by atoms with van der Waals surface area (Å²) < 4.78 is 10.4. The minimum atomic E-state index is -0.866. The summed E-state index contributed by atoms with van der Waals surface area (Å²) in [7, 11) is 0. The topological polar surface area (TPSA) is 108 Å². The van der Waals surface area contributed by atoms with E-state index < -0.39 is 5.60 Å². The minimum Gasteiger partial charge on any atom is -0.387 e. The highest BCUT2D eigenvalue weighted by molar-refractivity contribution is 5.79. The van der Waals surface area contributed by atoms with E-state index in [2.05, 4.69) is 30.7 Å². The van der Waals surface area contributed by atoms with E-state index in [-0.39, 0.29) is 0 Å². The number of nitrogens with one attached hydrogen (secondary N) is 2. The first-order chi connectivity index (χ1) is 11.5. The van der Waals surface area contributed by atoms with E-state index in [0.717, 1.165) is 32.8 Å². The molecule has 9 heteroatoms. The van der Waals surface area contributed by atoms with E-state index in [1.54, 1.807) is 6.92 Å². The number of rotatable bonds is 7. The number of β-amino-alcohol motifs (C(OH)–C–C–N with tert-alkyl or cyclic N) is 1. The molecule has 0 radical (unpaired) electrons. The summed E-state index contributed by atoms with van der Waals surface area (Å²) in [5.74, 6) is 1.66. The summed E-state index contributed by atoms with van der Waals surface area (Å²) in [6, 6.07) is 0. The van der Waals surface area contributed by atoms with Gasteiger partial charge in [-0.05, 0) is 20.8 Å². The van der Waals surface area contributed by atoms with Crippen molar-refractivity contribution in [3.8, 4) is 0 Å². The van der Waals surface area contributed by atoms with Crippen LogP contribution in [0.4, 0.5) is 0 Å². The van der Waals surface area contributed by atoms with Crippen LogP contribution in [-0.2, 0) is 11.3 Å². The second-order valence-corrected chi connectivity index (χ2v) is 6.17. The Morgan fingerprint density at radius 1 is 1.38 bits per heavy atom. The lowest BCUT2D eigenvalue weighted by Crippen LogP contribution is -2.52. The first kappa shape index (κ1) is 18.6. The third kappa shape index (κ3) is 6.42. The first-order valence-electron chi connectivity index (χ1n) is 8.32. The molecule has 1 aliphatic heterocycles. The predicted molar refractivity (Wildman–Crippen MR) is 89.7 cm³/mol. The number of morpholine rings is 1. The summed E-state index contributed by atoms with van der Waals surface area (Å²) >= 11 is 0. The molecule has 1 fully saturated rings. The third-order valence-corrected chi connectivity index (χ3v) is 3.59. The summed E-state index contributed by atoms with van der Waals surface area (Å²) in [6.07, 6.45) is 0. The lowest BCUT2D eigenvalue weighted by molar-refractivity contribution is -0.0201. The molecular weight excluding hydrogens is 312 g/mol. The van der Waals surface area contributed by atoms with Gasteiger partial charge < -0.3 is 25.0 Å². The van der Waals surface area contributed by atoms with Crippen LogP contribution in [0.25, 0.3) is 0 Å². The fourth-order valence-electron chi connectivity index (χ4n) is 2.46. The Bertz CT molecular complexity index is 525. The zero-order chi connectivity index (χ0) is 17.4. The molecule has 9 nitrogen and oxygen atoms in total. The lowest BCUT2D eigenvalue weighted by Gasteiger charge is -2.34. The molecule has 2 rings (SSSR count). The van der Waals surface area contributed by atoms with E-state index in [1.165, 1.54) is 0 Å². The number of aryl methyl sites for hydroxylation is 1. The molecule has 2 heterocycles. The quantitative estimate of drug-likeness (QED) is 0.451. The van der Waals surface area contributed by atoms with E-state index >= 15 is 0 Å². The van der Waals surface area contributed by atoms with Gasteiger partial charge in [-0.3, -0.25) is 4.90 Å². The van der Waals surface area contributed by atoms with E-state index in [0.29, 0.717) is 37.3 Å². The third-order valence-electron chi connectivity index (χ3n) is 3.59. The summed E-state index contributed by atoms with van der Waals surface area (Å²) in [5, 5.41) is 20.7. The maximum absolute atomic E-state index is 10.6. The van der Waals surface area contributed by atoms with Gasteiger partial charge in [-0.1, -0.05) is 5.16 Å². The second-order valence-electron chi connectivity index (χ2n) is 6.17. The summed E-state index contributed by atoms with van der Waals surface area (Å²) in [4.78, 5) is 10.7. The van der Waals surface area contributed by atoms with Crippen LogP contribution in [0.5, 0.6) is 0 Å². The van der Waals surface area contributed by atoms with Crippen molar-refractivity contribution in [1.29, 1.82) is 0 Å². The number of hydrogen-bond acceptors (Lipinski definition) is 7. The molecule has 3 N–H and O–H groups in total.